The van der Waals surface area contributed by atoms with Gasteiger partial charge in [0.2, 0.25) is 0 Å². The van der Waals surface area contributed by atoms with Gasteiger partial charge in [-0.15, -0.1) is 0 Å². The van der Waals surface area contributed by atoms with Crippen molar-refractivity contribution >= 4 is 29.0 Å². The number of carbonyl (C=O) groups excluding carboxylic acids is 1. The van der Waals surface area contributed by atoms with Crippen LogP contribution in [0, 0.1) is 0 Å². The van der Waals surface area contributed by atoms with E-state index >= 15 is 0 Å². The van der Waals surface area contributed by atoms with Gasteiger partial charge >= 0.3 is 5.97 Å². The van der Waals surface area contributed by atoms with Crippen LogP contribution in [-0.2, 0) is 16.0 Å². The average Bonchev–Trinajstić information content (AvgIpc) is 2.56. The van der Waals surface area contributed by atoms with Gasteiger partial charge in [-0.05, 0) is 42.0 Å². The SMILES string of the molecule is COC(=O)[C@H](Cc1ccc(O)cc1)N(C(N)=S)c1ccccc1. The first-order chi connectivity index (χ1) is 11.0. The maximum absolute atomic E-state index is 12.3. The van der Waals surface area contributed by atoms with Gasteiger partial charge in [-0.25, -0.2) is 4.79 Å². The summed E-state index contributed by atoms with van der Waals surface area (Å²) in [4.78, 5) is 13.9. The standard InChI is InChI=1S/C17H18N2O3S/c1-22-16(21)15(11-12-7-9-14(20)10-8-12)19(17(18)23)13-5-3-2-4-6-13/h2-10,15,20H,11H2,1H3,(H2,18,23)/t15-/m0/s1. The fraction of sp³-hybridized carbons (Fsp3) is 0.176. The van der Waals surface area contributed by atoms with Crippen molar-refractivity contribution in [3.63, 3.8) is 0 Å². The number of aromatic hydroxyl groups is 1. The van der Waals surface area contributed by atoms with Crippen LogP contribution in [-0.4, -0.2) is 29.3 Å². The summed E-state index contributed by atoms with van der Waals surface area (Å²) in [5, 5.41) is 9.47. The molecule has 0 saturated heterocycles. The number of nitrogens with two attached hydrogens (primary N) is 1. The lowest BCUT2D eigenvalue weighted by atomic mass is 10.0. The summed E-state index contributed by atoms with van der Waals surface area (Å²) in [5.41, 5.74) is 7.42. The number of phenolic OH excluding ortho intramolecular Hbond substituents is 1. The van der Waals surface area contributed by atoms with Crippen LogP contribution in [0.5, 0.6) is 5.75 Å². The molecule has 0 amide bonds. The molecule has 3 N–H and O–H groups in total. The summed E-state index contributed by atoms with van der Waals surface area (Å²) in [7, 11) is 1.33. The minimum atomic E-state index is -0.690. The Labute approximate surface area is 140 Å². The van der Waals surface area contributed by atoms with E-state index in [2.05, 4.69) is 0 Å². The molecule has 23 heavy (non-hydrogen) atoms. The van der Waals surface area contributed by atoms with Crippen molar-refractivity contribution in [3.05, 3.63) is 60.2 Å². The summed E-state index contributed by atoms with van der Waals surface area (Å²) in [6, 6.07) is 15.1. The Hall–Kier alpha value is -2.60. The molecule has 0 aliphatic carbocycles. The third kappa shape index (κ3) is 4.20. The predicted octanol–water partition coefficient (Wildman–Crippen LogP) is 2.23. The van der Waals surface area contributed by atoms with Crippen molar-refractivity contribution in [2.45, 2.75) is 12.5 Å². The second-order valence-electron chi connectivity index (χ2n) is 4.95. The predicted molar refractivity (Wildman–Crippen MR) is 93.3 cm³/mol. The summed E-state index contributed by atoms with van der Waals surface area (Å²) < 4.78 is 4.92. The number of para-hydroxylation sites is 1. The minimum Gasteiger partial charge on any atom is -0.508 e. The van der Waals surface area contributed by atoms with Crippen LogP contribution in [0.4, 0.5) is 5.69 Å². The first-order valence-corrected chi connectivity index (χ1v) is 7.43. The second-order valence-corrected chi connectivity index (χ2v) is 5.37. The fourth-order valence-corrected chi connectivity index (χ4v) is 2.55. The van der Waals surface area contributed by atoms with Gasteiger partial charge < -0.3 is 20.5 Å². The second kappa shape index (κ2) is 7.60. The highest BCUT2D eigenvalue weighted by Crippen LogP contribution is 2.21. The van der Waals surface area contributed by atoms with Gasteiger partial charge in [0, 0.05) is 12.1 Å². The van der Waals surface area contributed by atoms with Crippen molar-refractivity contribution in [1.82, 2.24) is 0 Å². The van der Waals surface area contributed by atoms with Gasteiger partial charge in [0.15, 0.2) is 5.11 Å². The van der Waals surface area contributed by atoms with E-state index in [4.69, 9.17) is 22.7 Å². The molecule has 1 atom stereocenters. The van der Waals surface area contributed by atoms with Gasteiger partial charge in [0.05, 0.1) is 7.11 Å². The average molecular weight is 330 g/mol. The maximum atomic E-state index is 12.3. The molecule has 2 rings (SSSR count). The molecule has 0 spiro atoms. The first-order valence-electron chi connectivity index (χ1n) is 7.02. The molecule has 0 fully saturated rings. The largest absolute Gasteiger partial charge is 0.508 e. The molecular formula is C17H18N2O3S. The number of nitrogens with zero attached hydrogens (tertiary/aromatic N) is 1. The molecule has 2 aromatic carbocycles. The van der Waals surface area contributed by atoms with Crippen molar-refractivity contribution in [1.29, 1.82) is 0 Å². The molecule has 0 unspecified atom stereocenters. The quantitative estimate of drug-likeness (QED) is 0.647. The number of hydrogen-bond donors (Lipinski definition) is 2. The Bertz CT molecular complexity index is 674. The van der Waals surface area contributed by atoms with Crippen LogP contribution in [0.1, 0.15) is 5.56 Å². The van der Waals surface area contributed by atoms with Crippen LogP contribution >= 0.6 is 12.2 Å². The van der Waals surface area contributed by atoms with Crippen LogP contribution in [0.3, 0.4) is 0 Å². The molecule has 6 heteroatoms. The van der Waals surface area contributed by atoms with Gasteiger partial charge in [-0.3, -0.25) is 0 Å². The smallest absolute Gasteiger partial charge is 0.329 e. The maximum Gasteiger partial charge on any atom is 0.329 e. The lowest BCUT2D eigenvalue weighted by Gasteiger charge is -2.30. The number of thiocarbonyl (C=S) groups is 1. The molecule has 0 aliphatic rings. The molecule has 5 nitrogen and oxygen atoms in total. The molecule has 0 bridgehead atoms. The van der Waals surface area contributed by atoms with E-state index < -0.39 is 12.0 Å². The first kappa shape index (κ1) is 16.8. The summed E-state index contributed by atoms with van der Waals surface area (Å²) in [6.07, 6.45) is 0.346. The van der Waals surface area contributed by atoms with E-state index in [-0.39, 0.29) is 10.9 Å². The third-order valence-corrected chi connectivity index (χ3v) is 3.62. The molecular weight excluding hydrogens is 312 g/mol. The molecule has 0 aromatic heterocycles. The molecule has 0 heterocycles. The zero-order valence-corrected chi connectivity index (χ0v) is 13.5. The van der Waals surface area contributed by atoms with Crippen molar-refractivity contribution in [2.24, 2.45) is 5.73 Å². The van der Waals surface area contributed by atoms with Crippen LogP contribution in [0.25, 0.3) is 0 Å². The number of rotatable bonds is 5. The topological polar surface area (TPSA) is 75.8 Å². The number of methoxy groups -OCH3 is 1. The van der Waals surface area contributed by atoms with Crippen LogP contribution < -0.4 is 10.6 Å². The number of anilines is 1. The number of esters is 1. The number of hydrogen-bond acceptors (Lipinski definition) is 4. The Morgan fingerprint density at radius 2 is 1.83 bits per heavy atom. The number of benzene rings is 2. The van der Waals surface area contributed by atoms with Crippen molar-refractivity contribution in [2.75, 3.05) is 12.0 Å². The molecule has 0 radical (unpaired) electrons. The highest BCUT2D eigenvalue weighted by Gasteiger charge is 2.29. The van der Waals surface area contributed by atoms with E-state index in [1.165, 1.54) is 7.11 Å². The van der Waals surface area contributed by atoms with E-state index in [1.54, 1.807) is 29.2 Å². The highest BCUT2D eigenvalue weighted by molar-refractivity contribution is 7.80. The van der Waals surface area contributed by atoms with E-state index in [9.17, 15) is 9.90 Å². The Morgan fingerprint density at radius 1 is 1.22 bits per heavy atom. The summed E-state index contributed by atoms with van der Waals surface area (Å²) in [6.45, 7) is 0. The van der Waals surface area contributed by atoms with Crippen LogP contribution in [0.15, 0.2) is 54.6 Å². The van der Waals surface area contributed by atoms with Crippen molar-refractivity contribution < 1.29 is 14.6 Å². The lowest BCUT2D eigenvalue weighted by Crippen LogP contribution is -2.49. The molecule has 120 valence electrons. The molecule has 0 aliphatic heterocycles. The summed E-state index contributed by atoms with van der Waals surface area (Å²) >= 11 is 5.14. The zero-order chi connectivity index (χ0) is 16.8. The third-order valence-electron chi connectivity index (χ3n) is 3.42. The van der Waals surface area contributed by atoms with E-state index in [0.717, 1.165) is 5.56 Å². The van der Waals surface area contributed by atoms with Gasteiger partial charge in [0.1, 0.15) is 11.8 Å². The van der Waals surface area contributed by atoms with E-state index in [0.29, 0.717) is 12.1 Å². The number of phenols is 1. The Kier molecular flexibility index (Phi) is 5.54. The minimum absolute atomic E-state index is 0.0883. The van der Waals surface area contributed by atoms with Crippen LogP contribution in [0.2, 0.25) is 0 Å². The van der Waals surface area contributed by atoms with Gasteiger partial charge in [-0.1, -0.05) is 30.3 Å². The molecule has 0 saturated carbocycles. The summed E-state index contributed by atoms with van der Waals surface area (Å²) in [5.74, 6) is -0.271. The van der Waals surface area contributed by atoms with Gasteiger partial charge in [0.25, 0.3) is 0 Å². The Morgan fingerprint density at radius 3 is 2.35 bits per heavy atom. The number of carbonyl (C=O) groups is 1. The normalized spacial score (nSPS) is 11.5. The fourth-order valence-electron chi connectivity index (χ4n) is 2.32. The van der Waals surface area contributed by atoms with Crippen molar-refractivity contribution in [3.8, 4) is 5.75 Å². The number of ether oxygens (including phenoxy) is 1. The monoisotopic (exact) mass is 330 g/mol. The lowest BCUT2D eigenvalue weighted by molar-refractivity contribution is -0.141. The molecule has 2 aromatic rings. The Balaban J connectivity index is 2.37. The van der Waals surface area contributed by atoms with Gasteiger partial charge in [-0.2, -0.15) is 0 Å². The highest BCUT2D eigenvalue weighted by atomic mass is 32.1. The van der Waals surface area contributed by atoms with E-state index in [1.807, 2.05) is 30.3 Å². The zero-order valence-electron chi connectivity index (χ0n) is 12.7.